The lowest BCUT2D eigenvalue weighted by molar-refractivity contribution is 0.0890. The number of hydrogen-bond donors (Lipinski definition) is 0. The minimum absolute atomic E-state index is 0.0462. The number of methoxy groups -OCH3 is 1. The summed E-state index contributed by atoms with van der Waals surface area (Å²) in [5.74, 6) is 0.641. The molecule has 1 heterocycles. The largest absolute Gasteiger partial charge is 0.472 e. The third kappa shape index (κ3) is 2.88. The Kier molecular flexibility index (Phi) is 3.54. The Bertz CT molecular complexity index is 213. The fourth-order valence-electron chi connectivity index (χ4n) is 0.892. The second-order valence-electron chi connectivity index (χ2n) is 2.55. The fraction of sp³-hybridized carbons (Fsp3) is 0.444. The van der Waals surface area contributed by atoms with Gasteiger partial charge in [0.2, 0.25) is 5.88 Å². The third-order valence-corrected chi connectivity index (χ3v) is 1.36. The fourth-order valence-corrected chi connectivity index (χ4v) is 0.892. The number of ether oxygens (including phenoxy) is 2. The lowest BCUT2D eigenvalue weighted by Crippen LogP contribution is -2.18. The molecule has 0 spiro atoms. The molecule has 1 aromatic heterocycles. The van der Waals surface area contributed by atoms with Gasteiger partial charge in [0.05, 0.1) is 6.61 Å². The zero-order chi connectivity index (χ0) is 8.81. The van der Waals surface area contributed by atoms with E-state index >= 15 is 0 Å². The minimum Gasteiger partial charge on any atom is -0.472 e. The minimum atomic E-state index is 0.0462. The molecule has 0 aliphatic heterocycles. The Balaban J connectivity index is 2.41. The van der Waals surface area contributed by atoms with Crippen LogP contribution in [0.5, 0.6) is 5.88 Å². The number of pyridine rings is 1. The summed E-state index contributed by atoms with van der Waals surface area (Å²) in [6.45, 7) is 2.52. The standard InChI is InChI=1S/C9H13NO2/c1-8(7-11-2)12-9-5-3-4-6-10-9/h3-6,8H,7H2,1-2H3/t8-/m1/s1. The van der Waals surface area contributed by atoms with Crippen molar-refractivity contribution in [2.75, 3.05) is 13.7 Å². The van der Waals surface area contributed by atoms with E-state index < -0.39 is 0 Å². The second kappa shape index (κ2) is 4.72. The highest BCUT2D eigenvalue weighted by atomic mass is 16.5. The maximum absolute atomic E-state index is 5.42. The Labute approximate surface area is 72.3 Å². The highest BCUT2D eigenvalue weighted by molar-refractivity contribution is 5.09. The van der Waals surface area contributed by atoms with E-state index in [1.54, 1.807) is 13.3 Å². The summed E-state index contributed by atoms with van der Waals surface area (Å²) >= 11 is 0. The molecular weight excluding hydrogens is 154 g/mol. The summed E-state index contributed by atoms with van der Waals surface area (Å²) in [5, 5.41) is 0. The van der Waals surface area contributed by atoms with Gasteiger partial charge >= 0.3 is 0 Å². The lowest BCUT2D eigenvalue weighted by Gasteiger charge is -2.11. The smallest absolute Gasteiger partial charge is 0.213 e. The molecule has 1 aromatic rings. The van der Waals surface area contributed by atoms with Crippen molar-refractivity contribution in [2.24, 2.45) is 0 Å². The van der Waals surface area contributed by atoms with Gasteiger partial charge in [-0.2, -0.15) is 0 Å². The first-order chi connectivity index (χ1) is 5.83. The maximum Gasteiger partial charge on any atom is 0.213 e. The molecule has 0 saturated heterocycles. The summed E-state index contributed by atoms with van der Waals surface area (Å²) < 4.78 is 10.3. The molecule has 1 atom stereocenters. The highest BCUT2D eigenvalue weighted by Crippen LogP contribution is 2.05. The average Bonchev–Trinajstić information content (AvgIpc) is 2.06. The topological polar surface area (TPSA) is 31.4 Å². The average molecular weight is 167 g/mol. The van der Waals surface area contributed by atoms with Crippen molar-refractivity contribution in [2.45, 2.75) is 13.0 Å². The molecule has 0 unspecified atom stereocenters. The van der Waals surface area contributed by atoms with E-state index in [0.717, 1.165) is 0 Å². The highest BCUT2D eigenvalue weighted by Gasteiger charge is 2.02. The van der Waals surface area contributed by atoms with Crippen molar-refractivity contribution in [3.63, 3.8) is 0 Å². The molecule has 0 bridgehead atoms. The van der Waals surface area contributed by atoms with E-state index in [0.29, 0.717) is 12.5 Å². The molecular formula is C9H13NO2. The predicted octanol–water partition coefficient (Wildman–Crippen LogP) is 1.50. The van der Waals surface area contributed by atoms with Crippen LogP contribution >= 0.6 is 0 Å². The van der Waals surface area contributed by atoms with Gasteiger partial charge in [0.15, 0.2) is 0 Å². The normalized spacial score (nSPS) is 12.5. The van der Waals surface area contributed by atoms with Crippen molar-refractivity contribution >= 4 is 0 Å². The Morgan fingerprint density at radius 3 is 2.92 bits per heavy atom. The summed E-state index contributed by atoms with van der Waals surface area (Å²) in [6, 6.07) is 5.57. The van der Waals surface area contributed by atoms with Gasteiger partial charge in [0.25, 0.3) is 0 Å². The van der Waals surface area contributed by atoms with Crippen LogP contribution in [0.1, 0.15) is 6.92 Å². The van der Waals surface area contributed by atoms with Gasteiger partial charge in [0.1, 0.15) is 6.10 Å². The van der Waals surface area contributed by atoms with Gasteiger partial charge in [-0.05, 0) is 13.0 Å². The Morgan fingerprint density at radius 2 is 2.33 bits per heavy atom. The van der Waals surface area contributed by atoms with Crippen LogP contribution in [-0.2, 0) is 4.74 Å². The number of rotatable bonds is 4. The molecule has 0 fully saturated rings. The first-order valence-electron chi connectivity index (χ1n) is 3.89. The Hall–Kier alpha value is -1.09. The van der Waals surface area contributed by atoms with Gasteiger partial charge < -0.3 is 9.47 Å². The monoisotopic (exact) mass is 167 g/mol. The second-order valence-corrected chi connectivity index (χ2v) is 2.55. The summed E-state index contributed by atoms with van der Waals surface area (Å²) in [6.07, 6.45) is 1.75. The van der Waals surface area contributed by atoms with E-state index in [1.807, 2.05) is 25.1 Å². The maximum atomic E-state index is 5.42. The van der Waals surface area contributed by atoms with E-state index in [1.165, 1.54) is 0 Å². The molecule has 0 N–H and O–H groups in total. The van der Waals surface area contributed by atoms with Crippen molar-refractivity contribution in [1.82, 2.24) is 4.98 Å². The van der Waals surface area contributed by atoms with Gasteiger partial charge in [0, 0.05) is 19.4 Å². The summed E-state index contributed by atoms with van der Waals surface area (Å²) in [4.78, 5) is 4.02. The van der Waals surface area contributed by atoms with Crippen LogP contribution in [-0.4, -0.2) is 24.8 Å². The van der Waals surface area contributed by atoms with Crippen molar-refractivity contribution in [3.8, 4) is 5.88 Å². The van der Waals surface area contributed by atoms with Gasteiger partial charge in [-0.15, -0.1) is 0 Å². The van der Waals surface area contributed by atoms with E-state index in [2.05, 4.69) is 4.98 Å². The van der Waals surface area contributed by atoms with Crippen LogP contribution in [0.15, 0.2) is 24.4 Å². The van der Waals surface area contributed by atoms with Crippen LogP contribution in [0, 0.1) is 0 Å². The molecule has 66 valence electrons. The third-order valence-electron chi connectivity index (χ3n) is 1.36. The molecule has 0 aliphatic rings. The number of hydrogen-bond acceptors (Lipinski definition) is 3. The van der Waals surface area contributed by atoms with E-state index in [4.69, 9.17) is 9.47 Å². The number of aromatic nitrogens is 1. The van der Waals surface area contributed by atoms with Crippen LogP contribution < -0.4 is 4.74 Å². The van der Waals surface area contributed by atoms with Crippen molar-refractivity contribution in [3.05, 3.63) is 24.4 Å². The van der Waals surface area contributed by atoms with Gasteiger partial charge in [-0.25, -0.2) is 4.98 Å². The van der Waals surface area contributed by atoms with Crippen molar-refractivity contribution < 1.29 is 9.47 Å². The van der Waals surface area contributed by atoms with Gasteiger partial charge in [-0.3, -0.25) is 0 Å². The lowest BCUT2D eigenvalue weighted by atomic mass is 10.4. The van der Waals surface area contributed by atoms with E-state index in [9.17, 15) is 0 Å². The van der Waals surface area contributed by atoms with Crippen LogP contribution in [0.3, 0.4) is 0 Å². The van der Waals surface area contributed by atoms with Crippen LogP contribution in [0.2, 0.25) is 0 Å². The molecule has 0 radical (unpaired) electrons. The quantitative estimate of drug-likeness (QED) is 0.681. The predicted molar refractivity (Wildman–Crippen MR) is 46.2 cm³/mol. The first kappa shape index (κ1) is 9.00. The van der Waals surface area contributed by atoms with Crippen LogP contribution in [0.4, 0.5) is 0 Å². The molecule has 0 aromatic carbocycles. The Morgan fingerprint density at radius 1 is 1.50 bits per heavy atom. The van der Waals surface area contributed by atoms with E-state index in [-0.39, 0.29) is 6.10 Å². The SMILES string of the molecule is COC[C@@H](C)Oc1ccccn1. The zero-order valence-corrected chi connectivity index (χ0v) is 7.36. The molecule has 12 heavy (non-hydrogen) atoms. The first-order valence-corrected chi connectivity index (χ1v) is 3.89. The van der Waals surface area contributed by atoms with Gasteiger partial charge in [-0.1, -0.05) is 6.07 Å². The molecule has 0 amide bonds. The van der Waals surface area contributed by atoms with Crippen molar-refractivity contribution in [1.29, 1.82) is 0 Å². The molecule has 0 aliphatic carbocycles. The molecule has 3 nitrogen and oxygen atoms in total. The molecule has 0 saturated carbocycles. The zero-order valence-electron chi connectivity index (χ0n) is 7.36. The molecule has 3 heteroatoms. The summed E-state index contributed by atoms with van der Waals surface area (Å²) in [5.41, 5.74) is 0. The van der Waals surface area contributed by atoms with Crippen LogP contribution in [0.25, 0.3) is 0 Å². The summed E-state index contributed by atoms with van der Waals surface area (Å²) in [7, 11) is 1.65. The number of nitrogens with zero attached hydrogens (tertiary/aromatic N) is 1. The molecule has 1 rings (SSSR count).